The molecule has 112 valence electrons. The van der Waals surface area contributed by atoms with E-state index in [0.29, 0.717) is 17.1 Å². The number of aryl methyl sites for hydroxylation is 1. The second-order valence-corrected chi connectivity index (χ2v) is 6.17. The van der Waals surface area contributed by atoms with Gasteiger partial charge in [0.05, 0.1) is 16.8 Å². The minimum atomic E-state index is -0.0841. The van der Waals surface area contributed by atoms with Crippen LogP contribution in [0.25, 0.3) is 0 Å². The van der Waals surface area contributed by atoms with Gasteiger partial charge in [-0.1, -0.05) is 11.6 Å². The molecule has 1 amide bonds. The third-order valence-electron chi connectivity index (χ3n) is 3.50. The molecule has 6 heteroatoms. The van der Waals surface area contributed by atoms with Crippen molar-refractivity contribution in [2.45, 2.75) is 18.4 Å². The van der Waals surface area contributed by atoms with Gasteiger partial charge in [0, 0.05) is 36.8 Å². The molecule has 1 aromatic heterocycles. The summed E-state index contributed by atoms with van der Waals surface area (Å²) in [6, 6.07) is 5.51. The quantitative estimate of drug-likeness (QED) is 0.810. The van der Waals surface area contributed by atoms with Gasteiger partial charge in [0.2, 0.25) is 0 Å². The summed E-state index contributed by atoms with van der Waals surface area (Å²) in [5, 5.41) is 4.67. The Morgan fingerprint density at radius 2 is 2.19 bits per heavy atom. The van der Waals surface area contributed by atoms with Crippen LogP contribution in [0, 0.1) is 6.92 Å². The Kier molecular flexibility index (Phi) is 4.96. The summed E-state index contributed by atoms with van der Waals surface area (Å²) in [6.45, 7) is 2.50. The van der Waals surface area contributed by atoms with Crippen molar-refractivity contribution in [1.29, 1.82) is 0 Å². The van der Waals surface area contributed by atoms with Gasteiger partial charge in [-0.05, 0) is 31.4 Å². The van der Waals surface area contributed by atoms with E-state index < -0.39 is 0 Å². The van der Waals surface area contributed by atoms with Gasteiger partial charge in [0.15, 0.2) is 0 Å². The second kappa shape index (κ2) is 6.54. The van der Waals surface area contributed by atoms with Crippen LogP contribution in [-0.4, -0.2) is 33.9 Å². The van der Waals surface area contributed by atoms with Gasteiger partial charge in [-0.3, -0.25) is 9.48 Å². The molecule has 2 aromatic rings. The number of hydrogen-bond donors (Lipinski definition) is 0. The normalized spacial score (nSPS) is 10.7. The first-order valence-electron chi connectivity index (χ1n) is 6.50. The van der Waals surface area contributed by atoms with Gasteiger partial charge >= 0.3 is 0 Å². The molecule has 0 unspecified atom stereocenters. The predicted molar refractivity (Wildman–Crippen MR) is 87.0 cm³/mol. The van der Waals surface area contributed by atoms with E-state index in [1.807, 2.05) is 32.4 Å². The molecule has 21 heavy (non-hydrogen) atoms. The van der Waals surface area contributed by atoms with Crippen LogP contribution in [0.2, 0.25) is 5.02 Å². The van der Waals surface area contributed by atoms with E-state index >= 15 is 0 Å². The monoisotopic (exact) mass is 323 g/mol. The van der Waals surface area contributed by atoms with Crippen LogP contribution in [-0.2, 0) is 13.6 Å². The van der Waals surface area contributed by atoms with Gasteiger partial charge in [-0.2, -0.15) is 5.10 Å². The van der Waals surface area contributed by atoms with Gasteiger partial charge in [0.1, 0.15) is 0 Å². The van der Waals surface area contributed by atoms with Gasteiger partial charge in [-0.25, -0.2) is 0 Å². The average molecular weight is 324 g/mol. The predicted octanol–water partition coefficient (Wildman–Crippen LogP) is 3.38. The van der Waals surface area contributed by atoms with E-state index in [1.54, 1.807) is 40.7 Å². The van der Waals surface area contributed by atoms with Crippen LogP contribution < -0.4 is 0 Å². The zero-order chi connectivity index (χ0) is 15.6. The van der Waals surface area contributed by atoms with Crippen LogP contribution in [0.5, 0.6) is 0 Å². The average Bonchev–Trinajstić information content (AvgIpc) is 2.79. The Labute approximate surface area is 134 Å². The number of amides is 1. The fourth-order valence-electron chi connectivity index (χ4n) is 2.03. The summed E-state index contributed by atoms with van der Waals surface area (Å²) in [7, 11) is 3.66. The molecule has 1 aromatic carbocycles. The van der Waals surface area contributed by atoms with Crippen LogP contribution in [0.3, 0.4) is 0 Å². The van der Waals surface area contributed by atoms with Crippen molar-refractivity contribution >= 4 is 29.3 Å². The molecule has 0 saturated carbocycles. The Bertz CT molecular complexity index is 669. The maximum Gasteiger partial charge on any atom is 0.255 e. The fraction of sp³-hybridized carbons (Fsp3) is 0.333. The van der Waals surface area contributed by atoms with E-state index in [2.05, 4.69) is 5.10 Å². The van der Waals surface area contributed by atoms with Crippen molar-refractivity contribution in [3.63, 3.8) is 0 Å². The van der Waals surface area contributed by atoms with Crippen molar-refractivity contribution in [2.24, 2.45) is 7.05 Å². The Hall–Kier alpha value is -1.46. The molecule has 0 radical (unpaired) electrons. The summed E-state index contributed by atoms with van der Waals surface area (Å²) < 4.78 is 1.80. The first kappa shape index (κ1) is 15.9. The van der Waals surface area contributed by atoms with E-state index in [0.717, 1.165) is 16.2 Å². The molecule has 0 aliphatic heterocycles. The summed E-state index contributed by atoms with van der Waals surface area (Å²) in [5.74, 6) is -0.0841. The van der Waals surface area contributed by atoms with Gasteiger partial charge < -0.3 is 4.90 Å². The lowest BCUT2D eigenvalue weighted by molar-refractivity contribution is 0.0785. The minimum Gasteiger partial charge on any atom is -0.337 e. The summed E-state index contributed by atoms with van der Waals surface area (Å²) >= 11 is 7.75. The lowest BCUT2D eigenvalue weighted by atomic mass is 10.2. The summed E-state index contributed by atoms with van der Waals surface area (Å²) in [6.07, 6.45) is 3.76. The number of carbonyl (C=O) groups excluding carboxylic acids is 1. The van der Waals surface area contributed by atoms with Crippen molar-refractivity contribution in [1.82, 2.24) is 14.7 Å². The molecule has 0 atom stereocenters. The maximum absolute atomic E-state index is 12.6. The molecule has 0 aliphatic rings. The molecule has 0 aliphatic carbocycles. The summed E-state index contributed by atoms with van der Waals surface area (Å²) in [4.78, 5) is 15.2. The van der Waals surface area contributed by atoms with Crippen molar-refractivity contribution in [2.75, 3.05) is 13.3 Å². The molecule has 4 nitrogen and oxygen atoms in total. The number of nitrogens with zero attached hydrogens (tertiary/aromatic N) is 3. The van der Waals surface area contributed by atoms with Crippen LogP contribution in [0.1, 0.15) is 21.6 Å². The number of benzene rings is 1. The van der Waals surface area contributed by atoms with Crippen molar-refractivity contribution < 1.29 is 4.79 Å². The fourth-order valence-corrected chi connectivity index (χ4v) is 2.67. The van der Waals surface area contributed by atoms with E-state index in [1.165, 1.54) is 0 Å². The maximum atomic E-state index is 12.6. The molecule has 0 spiro atoms. The smallest absolute Gasteiger partial charge is 0.255 e. The Balaban J connectivity index is 2.21. The minimum absolute atomic E-state index is 0.0841. The highest BCUT2D eigenvalue weighted by Crippen LogP contribution is 2.24. The number of rotatable bonds is 4. The van der Waals surface area contributed by atoms with Crippen LogP contribution >= 0.6 is 23.4 Å². The van der Waals surface area contributed by atoms with E-state index in [9.17, 15) is 4.79 Å². The molecule has 0 bridgehead atoms. The first-order valence-corrected chi connectivity index (χ1v) is 8.10. The molecule has 2 rings (SSSR count). The third kappa shape index (κ3) is 3.41. The van der Waals surface area contributed by atoms with Crippen LogP contribution in [0.15, 0.2) is 29.3 Å². The molecule has 1 heterocycles. The summed E-state index contributed by atoms with van der Waals surface area (Å²) in [5.41, 5.74) is 2.62. The van der Waals surface area contributed by atoms with Gasteiger partial charge in [-0.15, -0.1) is 11.8 Å². The highest BCUT2D eigenvalue weighted by molar-refractivity contribution is 7.98. The Morgan fingerprint density at radius 1 is 1.48 bits per heavy atom. The number of thioether (sulfide) groups is 1. The van der Waals surface area contributed by atoms with Crippen molar-refractivity contribution in [3.8, 4) is 0 Å². The second-order valence-electron chi connectivity index (χ2n) is 4.89. The standard InChI is InChI=1S/C15H18ClN3OS/c1-10-11(8-17-19(10)3)9-18(2)15(20)13-7-12(21-4)5-6-14(13)16/h5-8H,9H2,1-4H3. The van der Waals surface area contributed by atoms with Crippen molar-refractivity contribution in [3.05, 3.63) is 46.2 Å². The molecule has 0 N–H and O–H groups in total. The SMILES string of the molecule is CSc1ccc(Cl)c(C(=O)N(C)Cc2cnn(C)c2C)c1. The van der Waals surface area contributed by atoms with Crippen LogP contribution in [0.4, 0.5) is 0 Å². The number of halogens is 1. The highest BCUT2D eigenvalue weighted by atomic mass is 35.5. The third-order valence-corrected chi connectivity index (χ3v) is 4.55. The Morgan fingerprint density at radius 3 is 2.76 bits per heavy atom. The first-order chi connectivity index (χ1) is 9.93. The number of carbonyl (C=O) groups is 1. The largest absolute Gasteiger partial charge is 0.337 e. The lowest BCUT2D eigenvalue weighted by Gasteiger charge is -2.18. The van der Waals surface area contributed by atoms with E-state index in [-0.39, 0.29) is 5.91 Å². The molecule has 0 saturated heterocycles. The molecule has 0 fully saturated rings. The molecular weight excluding hydrogens is 306 g/mol. The topological polar surface area (TPSA) is 38.1 Å². The number of hydrogen-bond acceptors (Lipinski definition) is 3. The van der Waals surface area contributed by atoms with Gasteiger partial charge in [0.25, 0.3) is 5.91 Å². The zero-order valence-corrected chi connectivity index (χ0v) is 14.1. The zero-order valence-electron chi connectivity index (χ0n) is 12.6. The lowest BCUT2D eigenvalue weighted by Crippen LogP contribution is -2.26. The molecular formula is C15H18ClN3OS. The van der Waals surface area contributed by atoms with E-state index in [4.69, 9.17) is 11.6 Å². The highest BCUT2D eigenvalue weighted by Gasteiger charge is 2.17. The number of aromatic nitrogens is 2.